The van der Waals surface area contributed by atoms with Crippen LogP contribution in [0.1, 0.15) is 47.5 Å². The van der Waals surface area contributed by atoms with Gasteiger partial charge in [0.05, 0.1) is 12.2 Å². The van der Waals surface area contributed by atoms with Gasteiger partial charge in [0.15, 0.2) is 0 Å². The minimum atomic E-state index is -0.363. The predicted molar refractivity (Wildman–Crippen MR) is 82.2 cm³/mol. The lowest BCUT2D eigenvalue weighted by atomic mass is 10.1. The number of nitrogens with zero attached hydrogens (tertiary/aromatic N) is 1. The van der Waals surface area contributed by atoms with Crippen LogP contribution < -0.4 is 0 Å². The molecule has 112 valence electrons. The van der Waals surface area contributed by atoms with Crippen molar-refractivity contribution < 1.29 is 10.2 Å². The van der Waals surface area contributed by atoms with Gasteiger partial charge in [-0.25, -0.2) is 0 Å². The van der Waals surface area contributed by atoms with Gasteiger partial charge in [-0.2, -0.15) is 0 Å². The van der Waals surface area contributed by atoms with Gasteiger partial charge in [0, 0.05) is 19.6 Å². The Morgan fingerprint density at radius 3 is 1.95 bits per heavy atom. The molecule has 2 atom stereocenters. The fourth-order valence-electron chi connectivity index (χ4n) is 1.95. The average molecular weight is 269 g/mol. The summed E-state index contributed by atoms with van der Waals surface area (Å²) in [6.45, 7) is 11.9. The van der Waals surface area contributed by atoms with E-state index in [9.17, 15) is 10.2 Å². The Labute approximate surface area is 118 Å². The largest absolute Gasteiger partial charge is 0.392 e. The van der Waals surface area contributed by atoms with E-state index in [-0.39, 0.29) is 12.2 Å². The molecule has 0 rings (SSSR count). The molecule has 0 saturated heterocycles. The molecule has 2 N–H and O–H groups in total. The van der Waals surface area contributed by atoms with Crippen LogP contribution in [0.15, 0.2) is 23.3 Å². The highest BCUT2D eigenvalue weighted by molar-refractivity contribution is 5.03. The van der Waals surface area contributed by atoms with E-state index in [0.29, 0.717) is 13.1 Å². The van der Waals surface area contributed by atoms with Gasteiger partial charge in [-0.05, 0) is 47.5 Å². The maximum atomic E-state index is 9.45. The third-order valence-corrected chi connectivity index (χ3v) is 2.83. The fraction of sp³-hybridized carbons (Fsp3) is 0.750. The van der Waals surface area contributed by atoms with Crippen LogP contribution in [0.2, 0.25) is 0 Å². The van der Waals surface area contributed by atoms with Crippen molar-refractivity contribution in [2.75, 3.05) is 19.6 Å². The van der Waals surface area contributed by atoms with E-state index in [1.165, 1.54) is 11.1 Å². The Morgan fingerprint density at radius 2 is 1.53 bits per heavy atom. The van der Waals surface area contributed by atoms with Crippen LogP contribution >= 0.6 is 0 Å². The highest BCUT2D eigenvalue weighted by atomic mass is 16.3. The maximum Gasteiger partial charge on any atom is 0.0639 e. The summed E-state index contributed by atoms with van der Waals surface area (Å²) in [5.41, 5.74) is 2.72. The molecule has 3 heteroatoms. The first-order chi connectivity index (χ1) is 8.81. The molecule has 0 aliphatic carbocycles. The second-order valence-corrected chi connectivity index (χ2v) is 5.79. The molecule has 0 aromatic heterocycles. The number of aliphatic hydroxyl groups excluding tert-OH is 2. The molecule has 0 aliphatic heterocycles. The van der Waals surface area contributed by atoms with Crippen LogP contribution in [0.25, 0.3) is 0 Å². The van der Waals surface area contributed by atoms with Crippen LogP contribution in [0, 0.1) is 0 Å². The summed E-state index contributed by atoms with van der Waals surface area (Å²) < 4.78 is 0. The zero-order valence-corrected chi connectivity index (χ0v) is 13.2. The van der Waals surface area contributed by atoms with E-state index >= 15 is 0 Å². The van der Waals surface area contributed by atoms with Gasteiger partial charge < -0.3 is 10.2 Å². The highest BCUT2D eigenvalue weighted by Gasteiger charge is 2.09. The molecule has 0 aliphatic rings. The summed E-state index contributed by atoms with van der Waals surface area (Å²) in [5.74, 6) is 0. The Kier molecular flexibility index (Phi) is 9.84. The van der Waals surface area contributed by atoms with Crippen molar-refractivity contribution in [1.29, 1.82) is 0 Å². The van der Waals surface area contributed by atoms with Gasteiger partial charge in [-0.1, -0.05) is 23.3 Å². The van der Waals surface area contributed by atoms with E-state index in [0.717, 1.165) is 19.4 Å². The molecule has 0 aromatic carbocycles. The van der Waals surface area contributed by atoms with E-state index in [4.69, 9.17) is 0 Å². The first-order valence-corrected chi connectivity index (χ1v) is 7.18. The van der Waals surface area contributed by atoms with E-state index in [1.54, 1.807) is 13.8 Å². The molecule has 0 heterocycles. The van der Waals surface area contributed by atoms with Crippen molar-refractivity contribution in [2.45, 2.75) is 59.7 Å². The van der Waals surface area contributed by atoms with Gasteiger partial charge in [-0.3, -0.25) is 4.90 Å². The molecular formula is C16H31NO2. The summed E-state index contributed by atoms with van der Waals surface area (Å²) in [7, 11) is 0. The SMILES string of the molecule is CC(C)=CCC/C(C)=C/CN(C[C@@H](C)O)C[C@@H](C)O. The Morgan fingerprint density at radius 1 is 1.00 bits per heavy atom. The quantitative estimate of drug-likeness (QED) is 0.633. The number of allylic oxidation sites excluding steroid dienone is 3. The summed E-state index contributed by atoms with van der Waals surface area (Å²) in [6.07, 6.45) is 5.88. The highest BCUT2D eigenvalue weighted by Crippen LogP contribution is 2.07. The van der Waals surface area contributed by atoms with Crippen LogP contribution in [-0.4, -0.2) is 47.0 Å². The first-order valence-electron chi connectivity index (χ1n) is 7.18. The normalized spacial score (nSPS) is 15.5. The number of aliphatic hydroxyl groups is 2. The molecule has 0 unspecified atom stereocenters. The first kappa shape index (κ1) is 18.4. The molecule has 0 saturated carbocycles. The smallest absolute Gasteiger partial charge is 0.0639 e. The predicted octanol–water partition coefficient (Wildman–Crippen LogP) is 2.74. The molecule has 3 nitrogen and oxygen atoms in total. The number of rotatable bonds is 9. The van der Waals surface area contributed by atoms with E-state index < -0.39 is 0 Å². The van der Waals surface area contributed by atoms with E-state index in [1.807, 2.05) is 0 Å². The van der Waals surface area contributed by atoms with Crippen molar-refractivity contribution in [1.82, 2.24) is 4.90 Å². The van der Waals surface area contributed by atoms with Crippen molar-refractivity contribution in [3.63, 3.8) is 0 Å². The fourth-order valence-corrected chi connectivity index (χ4v) is 1.95. The Balaban J connectivity index is 4.22. The van der Waals surface area contributed by atoms with Gasteiger partial charge in [-0.15, -0.1) is 0 Å². The van der Waals surface area contributed by atoms with Gasteiger partial charge in [0.2, 0.25) is 0 Å². The number of hydrogen-bond acceptors (Lipinski definition) is 3. The van der Waals surface area contributed by atoms with E-state index in [2.05, 4.69) is 37.8 Å². The van der Waals surface area contributed by atoms with Crippen LogP contribution in [-0.2, 0) is 0 Å². The average Bonchev–Trinajstić information content (AvgIpc) is 2.23. The molecule has 0 aromatic rings. The maximum absolute atomic E-state index is 9.45. The third-order valence-electron chi connectivity index (χ3n) is 2.83. The summed E-state index contributed by atoms with van der Waals surface area (Å²) in [4.78, 5) is 2.08. The van der Waals surface area contributed by atoms with Crippen LogP contribution in [0.5, 0.6) is 0 Å². The second kappa shape index (κ2) is 10.2. The van der Waals surface area contributed by atoms with Gasteiger partial charge in [0.1, 0.15) is 0 Å². The van der Waals surface area contributed by atoms with Crippen molar-refractivity contribution in [3.05, 3.63) is 23.3 Å². The Bertz CT molecular complexity index is 279. The lowest BCUT2D eigenvalue weighted by Gasteiger charge is -2.23. The monoisotopic (exact) mass is 269 g/mol. The van der Waals surface area contributed by atoms with Crippen molar-refractivity contribution in [2.24, 2.45) is 0 Å². The van der Waals surface area contributed by atoms with Crippen molar-refractivity contribution in [3.8, 4) is 0 Å². The number of hydrogen-bond donors (Lipinski definition) is 2. The summed E-state index contributed by atoms with van der Waals surface area (Å²) in [6, 6.07) is 0. The molecule has 0 amide bonds. The molecule has 0 bridgehead atoms. The lowest BCUT2D eigenvalue weighted by molar-refractivity contribution is 0.0905. The zero-order chi connectivity index (χ0) is 14.8. The standard InChI is InChI=1S/C16H31NO2/c1-13(2)7-6-8-14(3)9-10-17(11-15(4)18)12-16(5)19/h7,9,15-16,18-19H,6,8,10-12H2,1-5H3/b14-9+/t15-,16-/m1/s1. The van der Waals surface area contributed by atoms with Gasteiger partial charge >= 0.3 is 0 Å². The topological polar surface area (TPSA) is 43.7 Å². The minimum Gasteiger partial charge on any atom is -0.392 e. The van der Waals surface area contributed by atoms with Crippen molar-refractivity contribution >= 4 is 0 Å². The zero-order valence-electron chi connectivity index (χ0n) is 13.2. The summed E-state index contributed by atoms with van der Waals surface area (Å²) in [5, 5.41) is 18.9. The van der Waals surface area contributed by atoms with Crippen LogP contribution in [0.3, 0.4) is 0 Å². The minimum absolute atomic E-state index is 0.363. The third kappa shape index (κ3) is 12.2. The second-order valence-electron chi connectivity index (χ2n) is 5.79. The molecule has 0 spiro atoms. The van der Waals surface area contributed by atoms with Crippen LogP contribution in [0.4, 0.5) is 0 Å². The molecule has 19 heavy (non-hydrogen) atoms. The molecule has 0 radical (unpaired) electrons. The summed E-state index contributed by atoms with van der Waals surface area (Å²) >= 11 is 0. The van der Waals surface area contributed by atoms with Gasteiger partial charge in [0.25, 0.3) is 0 Å². The lowest BCUT2D eigenvalue weighted by Crippen LogP contribution is -2.36. The molecule has 0 fully saturated rings. The molecular weight excluding hydrogens is 238 g/mol. The Hall–Kier alpha value is -0.640.